The first-order valence-electron chi connectivity index (χ1n) is 4.67. The number of aromatic nitrogens is 1. The number of fused-ring (bicyclic) bond motifs is 1. The molecule has 2 nitrogen and oxygen atoms in total. The van der Waals surface area contributed by atoms with Crippen molar-refractivity contribution in [2.45, 2.75) is 6.92 Å². The van der Waals surface area contributed by atoms with Crippen LogP contribution in [0.15, 0.2) is 12.1 Å². The molecule has 2 aromatic rings. The van der Waals surface area contributed by atoms with Crippen LogP contribution in [0, 0.1) is 24.4 Å². The SMILES string of the molecule is CNc1nc2c(F)c(F)cc(F)c2cc1C. The first-order valence-corrected chi connectivity index (χ1v) is 4.67. The van der Waals surface area contributed by atoms with Crippen molar-refractivity contribution in [2.24, 2.45) is 0 Å². The topological polar surface area (TPSA) is 24.9 Å². The minimum absolute atomic E-state index is 0.0181. The van der Waals surface area contributed by atoms with E-state index < -0.39 is 17.5 Å². The number of hydrogen-bond donors (Lipinski definition) is 1. The van der Waals surface area contributed by atoms with E-state index in [1.807, 2.05) is 0 Å². The summed E-state index contributed by atoms with van der Waals surface area (Å²) in [7, 11) is 1.61. The molecule has 1 aromatic carbocycles. The molecule has 0 radical (unpaired) electrons. The lowest BCUT2D eigenvalue weighted by atomic mass is 10.1. The van der Waals surface area contributed by atoms with Crippen LogP contribution in [0.1, 0.15) is 5.56 Å². The van der Waals surface area contributed by atoms with Gasteiger partial charge >= 0.3 is 0 Å². The molecule has 0 aliphatic carbocycles. The zero-order chi connectivity index (χ0) is 11.9. The maximum absolute atomic E-state index is 13.4. The number of hydrogen-bond acceptors (Lipinski definition) is 2. The van der Waals surface area contributed by atoms with Gasteiger partial charge in [-0.1, -0.05) is 0 Å². The molecule has 16 heavy (non-hydrogen) atoms. The van der Waals surface area contributed by atoms with Crippen molar-refractivity contribution >= 4 is 16.7 Å². The Hall–Kier alpha value is -1.78. The summed E-state index contributed by atoms with van der Waals surface area (Å²) in [5, 5.41) is 2.71. The molecule has 1 aromatic heterocycles. The predicted octanol–water partition coefficient (Wildman–Crippen LogP) is 3.00. The van der Waals surface area contributed by atoms with Crippen LogP contribution in [0.2, 0.25) is 0 Å². The van der Waals surface area contributed by atoms with Gasteiger partial charge < -0.3 is 5.32 Å². The Morgan fingerprint density at radius 2 is 1.81 bits per heavy atom. The van der Waals surface area contributed by atoms with E-state index in [9.17, 15) is 13.2 Å². The Bertz CT molecular complexity index is 567. The Labute approximate surface area is 90.1 Å². The summed E-state index contributed by atoms with van der Waals surface area (Å²) >= 11 is 0. The molecule has 0 saturated carbocycles. The molecule has 0 unspecified atom stereocenters. The molecule has 0 amide bonds. The molecule has 0 spiro atoms. The molecule has 0 atom stereocenters. The minimum atomic E-state index is -1.23. The highest BCUT2D eigenvalue weighted by Crippen LogP contribution is 2.25. The normalized spacial score (nSPS) is 10.8. The van der Waals surface area contributed by atoms with Crippen molar-refractivity contribution in [1.29, 1.82) is 0 Å². The van der Waals surface area contributed by atoms with E-state index >= 15 is 0 Å². The quantitative estimate of drug-likeness (QED) is 0.756. The van der Waals surface area contributed by atoms with Gasteiger partial charge in [-0.15, -0.1) is 0 Å². The Morgan fingerprint density at radius 3 is 2.44 bits per heavy atom. The number of halogens is 3. The first kappa shape index (κ1) is 10.7. The summed E-state index contributed by atoms with van der Waals surface area (Å²) in [6.45, 7) is 1.71. The number of aryl methyl sites for hydroxylation is 1. The third kappa shape index (κ3) is 1.48. The summed E-state index contributed by atoms with van der Waals surface area (Å²) in [5.41, 5.74) is 0.368. The minimum Gasteiger partial charge on any atom is -0.373 e. The van der Waals surface area contributed by atoms with E-state index in [1.165, 1.54) is 6.07 Å². The van der Waals surface area contributed by atoms with Gasteiger partial charge in [0, 0.05) is 18.5 Å². The lowest BCUT2D eigenvalue weighted by Gasteiger charge is -2.08. The molecule has 2 rings (SSSR count). The second kappa shape index (κ2) is 3.66. The van der Waals surface area contributed by atoms with Crippen LogP contribution in [0.4, 0.5) is 19.0 Å². The smallest absolute Gasteiger partial charge is 0.185 e. The fraction of sp³-hybridized carbons (Fsp3) is 0.182. The molecule has 0 aliphatic rings. The molecular weight excluding hydrogens is 217 g/mol. The highest BCUT2D eigenvalue weighted by Gasteiger charge is 2.15. The highest BCUT2D eigenvalue weighted by atomic mass is 19.2. The van der Waals surface area contributed by atoms with E-state index in [0.29, 0.717) is 17.4 Å². The summed E-state index contributed by atoms with van der Waals surface area (Å²) in [6, 6.07) is 1.96. The van der Waals surface area contributed by atoms with Gasteiger partial charge in [0.2, 0.25) is 0 Å². The predicted molar refractivity (Wildman–Crippen MR) is 55.9 cm³/mol. The maximum atomic E-state index is 13.4. The number of nitrogens with one attached hydrogen (secondary N) is 1. The molecule has 0 fully saturated rings. The first-order chi connectivity index (χ1) is 7.54. The van der Waals surface area contributed by atoms with Crippen molar-refractivity contribution in [3.8, 4) is 0 Å². The van der Waals surface area contributed by atoms with Crippen molar-refractivity contribution in [1.82, 2.24) is 4.98 Å². The van der Waals surface area contributed by atoms with Gasteiger partial charge in [0.05, 0.1) is 0 Å². The number of nitrogens with zero attached hydrogens (tertiary/aromatic N) is 1. The number of benzene rings is 1. The van der Waals surface area contributed by atoms with Gasteiger partial charge in [0.25, 0.3) is 0 Å². The van der Waals surface area contributed by atoms with Crippen LogP contribution in [0.5, 0.6) is 0 Å². The van der Waals surface area contributed by atoms with E-state index in [2.05, 4.69) is 10.3 Å². The molecule has 1 N–H and O–H groups in total. The molecule has 1 heterocycles. The van der Waals surface area contributed by atoms with Crippen LogP contribution in [0.3, 0.4) is 0 Å². The number of rotatable bonds is 1. The maximum Gasteiger partial charge on any atom is 0.185 e. The molecule has 5 heteroatoms. The average Bonchev–Trinajstić information content (AvgIpc) is 2.25. The molecule has 0 saturated heterocycles. The highest BCUT2D eigenvalue weighted by molar-refractivity contribution is 5.82. The van der Waals surface area contributed by atoms with E-state index in [4.69, 9.17) is 0 Å². The van der Waals surface area contributed by atoms with Crippen molar-refractivity contribution < 1.29 is 13.2 Å². The van der Waals surface area contributed by atoms with Crippen LogP contribution in [0.25, 0.3) is 10.9 Å². The standard InChI is InChI=1S/C11H9F3N2/c1-5-3-6-7(12)4-8(13)9(14)10(6)16-11(5)15-2/h3-4H,1-2H3,(H,15,16). The van der Waals surface area contributed by atoms with E-state index in [-0.39, 0.29) is 10.9 Å². The zero-order valence-electron chi connectivity index (χ0n) is 8.74. The van der Waals surface area contributed by atoms with Gasteiger partial charge in [0.1, 0.15) is 17.2 Å². The summed E-state index contributed by atoms with van der Waals surface area (Å²) in [5.74, 6) is -2.78. The van der Waals surface area contributed by atoms with Gasteiger partial charge in [-0.3, -0.25) is 0 Å². The van der Waals surface area contributed by atoms with Crippen LogP contribution in [-0.4, -0.2) is 12.0 Å². The summed E-state index contributed by atoms with van der Waals surface area (Å²) in [4.78, 5) is 3.85. The van der Waals surface area contributed by atoms with Crippen LogP contribution < -0.4 is 5.32 Å². The molecule has 84 valence electrons. The van der Waals surface area contributed by atoms with Crippen LogP contribution >= 0.6 is 0 Å². The van der Waals surface area contributed by atoms with E-state index in [0.717, 1.165) is 0 Å². The molecule has 0 bridgehead atoms. The zero-order valence-corrected chi connectivity index (χ0v) is 8.74. The van der Waals surface area contributed by atoms with E-state index in [1.54, 1.807) is 14.0 Å². The van der Waals surface area contributed by atoms with Crippen molar-refractivity contribution in [3.05, 3.63) is 35.1 Å². The fourth-order valence-corrected chi connectivity index (χ4v) is 1.58. The van der Waals surface area contributed by atoms with Gasteiger partial charge in [-0.25, -0.2) is 18.2 Å². The van der Waals surface area contributed by atoms with Crippen molar-refractivity contribution in [2.75, 3.05) is 12.4 Å². The third-order valence-electron chi connectivity index (χ3n) is 2.38. The van der Waals surface area contributed by atoms with Crippen LogP contribution in [-0.2, 0) is 0 Å². The second-order valence-corrected chi connectivity index (χ2v) is 3.45. The summed E-state index contributed by atoms with van der Waals surface area (Å²) in [6.07, 6.45) is 0. The van der Waals surface area contributed by atoms with Gasteiger partial charge in [-0.2, -0.15) is 0 Å². The fourth-order valence-electron chi connectivity index (χ4n) is 1.58. The largest absolute Gasteiger partial charge is 0.373 e. The lowest BCUT2D eigenvalue weighted by Crippen LogP contribution is -2.00. The average molecular weight is 226 g/mol. The number of pyridine rings is 1. The number of anilines is 1. The Balaban J connectivity index is 2.90. The monoisotopic (exact) mass is 226 g/mol. The Kier molecular flexibility index (Phi) is 2.46. The molecule has 0 aliphatic heterocycles. The second-order valence-electron chi connectivity index (χ2n) is 3.45. The van der Waals surface area contributed by atoms with Crippen molar-refractivity contribution in [3.63, 3.8) is 0 Å². The van der Waals surface area contributed by atoms with Gasteiger partial charge in [-0.05, 0) is 18.6 Å². The molecular formula is C11H9F3N2. The lowest BCUT2D eigenvalue weighted by molar-refractivity contribution is 0.504. The van der Waals surface area contributed by atoms with Gasteiger partial charge in [0.15, 0.2) is 11.6 Å². The Morgan fingerprint density at radius 1 is 1.12 bits per heavy atom. The summed E-state index contributed by atoms with van der Waals surface area (Å²) < 4.78 is 39.7. The third-order valence-corrected chi connectivity index (χ3v) is 2.38.